The van der Waals surface area contributed by atoms with Crippen LogP contribution in [-0.4, -0.2) is 57.7 Å². The highest BCUT2D eigenvalue weighted by atomic mass is 19.3. The Morgan fingerprint density at radius 3 is 2.55 bits per heavy atom. The van der Waals surface area contributed by atoms with Gasteiger partial charge in [0.2, 0.25) is 5.88 Å². The van der Waals surface area contributed by atoms with Gasteiger partial charge in [-0.2, -0.15) is 0 Å². The molecule has 0 aromatic carbocycles. The molecular formula is C30H41F2NO5. The number of aliphatic imine (C=N–C) groups is 1. The van der Waals surface area contributed by atoms with Crippen molar-refractivity contribution in [2.24, 2.45) is 39.5 Å². The number of nitrogens with zero attached hydrogens (tertiary/aromatic N) is 1. The zero-order valence-corrected chi connectivity index (χ0v) is 23.3. The van der Waals surface area contributed by atoms with Crippen LogP contribution in [0.2, 0.25) is 0 Å². The third-order valence-electron chi connectivity index (χ3n) is 9.66. The molecule has 8 heteroatoms. The van der Waals surface area contributed by atoms with Crippen LogP contribution in [0.5, 0.6) is 0 Å². The molecular weight excluding hydrogens is 492 g/mol. The summed E-state index contributed by atoms with van der Waals surface area (Å²) in [5, 5.41) is 34.4. The number of hydrogen-bond acceptors (Lipinski definition) is 6. The first-order chi connectivity index (χ1) is 17.6. The second kappa shape index (κ2) is 9.49. The molecule has 2 fully saturated rings. The number of rotatable bonds is 7. The number of aliphatic hydroxyl groups excluding tert-OH is 2. The van der Waals surface area contributed by atoms with Crippen LogP contribution in [0.4, 0.5) is 8.78 Å². The van der Waals surface area contributed by atoms with Crippen LogP contribution in [0.3, 0.4) is 0 Å². The van der Waals surface area contributed by atoms with E-state index in [2.05, 4.69) is 18.8 Å². The van der Waals surface area contributed by atoms with E-state index in [0.29, 0.717) is 18.4 Å². The van der Waals surface area contributed by atoms with E-state index in [4.69, 9.17) is 4.74 Å². The van der Waals surface area contributed by atoms with Crippen LogP contribution < -0.4 is 0 Å². The smallest absolute Gasteiger partial charge is 0.271 e. The first-order valence-corrected chi connectivity index (χ1v) is 13.5. The Balaban J connectivity index is 1.81. The number of fused-ring (bicyclic) bond motifs is 3. The van der Waals surface area contributed by atoms with Gasteiger partial charge in [0.25, 0.3) is 5.92 Å². The maximum Gasteiger partial charge on any atom is 0.271 e. The molecule has 4 unspecified atom stereocenters. The molecule has 38 heavy (non-hydrogen) atoms. The van der Waals surface area contributed by atoms with E-state index >= 15 is 0 Å². The SMILES string of the molecule is C\C=C(/C=N/C(=C/CC)O[C@H]1C(C)=CC23C(=O)[C@@H](C=C(CO)[C@@H](O)[C@]12O)C1C(CC3C)C1(C)C)C(C)(F)F. The van der Waals surface area contributed by atoms with E-state index in [1.54, 1.807) is 25.2 Å². The minimum absolute atomic E-state index is 0.000412. The second-order valence-corrected chi connectivity index (χ2v) is 12.2. The number of alkyl halides is 2. The van der Waals surface area contributed by atoms with Crippen molar-refractivity contribution < 1.29 is 33.6 Å². The highest BCUT2D eigenvalue weighted by Crippen LogP contribution is 2.71. The second-order valence-electron chi connectivity index (χ2n) is 12.2. The fourth-order valence-corrected chi connectivity index (χ4v) is 7.59. The van der Waals surface area contributed by atoms with E-state index in [-0.39, 0.29) is 46.0 Å². The number of carbonyl (C=O) groups is 1. The van der Waals surface area contributed by atoms with Crippen LogP contribution in [0.1, 0.15) is 61.3 Å². The normalized spacial score (nSPS) is 40.7. The average Bonchev–Trinajstić information content (AvgIpc) is 3.32. The number of Topliss-reactive ketones (excluding diaryl/α,β-unsaturated/α-hetero) is 1. The van der Waals surface area contributed by atoms with E-state index in [1.807, 2.05) is 13.8 Å². The maximum atomic E-state index is 14.4. The fraction of sp³-hybridized carbons (Fsp3) is 0.667. The van der Waals surface area contributed by atoms with E-state index in [1.165, 1.54) is 13.0 Å². The number of ketones is 1. The highest BCUT2D eigenvalue weighted by molar-refractivity contribution is 5.95. The van der Waals surface area contributed by atoms with Gasteiger partial charge in [-0.25, -0.2) is 13.8 Å². The topological polar surface area (TPSA) is 99.4 Å². The quantitative estimate of drug-likeness (QED) is 0.249. The number of carbonyl (C=O) groups excluding carboxylic acids is 1. The van der Waals surface area contributed by atoms with Crippen LogP contribution in [-0.2, 0) is 9.53 Å². The van der Waals surface area contributed by atoms with Crippen molar-refractivity contribution in [3.8, 4) is 0 Å². The molecule has 3 N–H and O–H groups in total. The van der Waals surface area contributed by atoms with Crippen molar-refractivity contribution in [3.63, 3.8) is 0 Å². The molecule has 0 radical (unpaired) electrons. The Bertz CT molecular complexity index is 1150. The standard InChI is InChI=1S/C30H41F2NO5/c1-8-10-22(33-14-19(9-2)28(7,31)32)38-26-16(3)13-29-17(4)11-21-23(27(21,5)6)20(25(29)36)12-18(15-34)24(35)30(26,29)37/h9-10,12-14,17,20-21,23-24,26,34-35,37H,8,11,15H2,1-7H3/b19-9+,22-10-,33-14+/t17?,20-,21?,23?,24+,26-,29?,30-/m0/s1. The summed E-state index contributed by atoms with van der Waals surface area (Å²) in [7, 11) is 0. The molecule has 4 aliphatic carbocycles. The van der Waals surface area contributed by atoms with E-state index in [9.17, 15) is 28.9 Å². The number of ether oxygens (including phenoxy) is 1. The minimum atomic E-state index is -3.11. The lowest BCUT2D eigenvalue weighted by Crippen LogP contribution is -2.65. The maximum absolute atomic E-state index is 14.4. The fourth-order valence-electron chi connectivity index (χ4n) is 7.59. The third-order valence-corrected chi connectivity index (χ3v) is 9.66. The van der Waals surface area contributed by atoms with Crippen molar-refractivity contribution in [3.05, 3.63) is 46.9 Å². The van der Waals surface area contributed by atoms with Gasteiger partial charge in [-0.15, -0.1) is 0 Å². The zero-order chi connectivity index (χ0) is 28.4. The Morgan fingerprint density at radius 2 is 2.00 bits per heavy atom. The molecule has 4 aliphatic rings. The Labute approximate surface area is 223 Å². The molecule has 0 aromatic heterocycles. The van der Waals surface area contributed by atoms with Crippen LogP contribution >= 0.6 is 0 Å². The van der Waals surface area contributed by atoms with E-state index in [0.717, 1.165) is 13.1 Å². The van der Waals surface area contributed by atoms with Gasteiger partial charge >= 0.3 is 0 Å². The first-order valence-electron chi connectivity index (χ1n) is 13.5. The lowest BCUT2D eigenvalue weighted by Gasteiger charge is -2.49. The van der Waals surface area contributed by atoms with Crippen LogP contribution in [0, 0.1) is 34.5 Å². The van der Waals surface area contributed by atoms with Gasteiger partial charge in [-0.05, 0) is 67.1 Å². The van der Waals surface area contributed by atoms with Crippen molar-refractivity contribution in [2.45, 2.75) is 85.0 Å². The largest absolute Gasteiger partial charge is 0.467 e. The lowest BCUT2D eigenvalue weighted by molar-refractivity contribution is -0.193. The van der Waals surface area contributed by atoms with Crippen LogP contribution in [0.25, 0.3) is 0 Å². The molecule has 2 bridgehead atoms. The Hall–Kier alpha value is -2.16. The summed E-state index contributed by atoms with van der Waals surface area (Å²) in [6.45, 7) is 11.5. The summed E-state index contributed by atoms with van der Waals surface area (Å²) in [4.78, 5) is 18.6. The molecule has 0 saturated heterocycles. The zero-order valence-electron chi connectivity index (χ0n) is 23.3. The van der Waals surface area contributed by atoms with Gasteiger partial charge in [0.1, 0.15) is 6.10 Å². The van der Waals surface area contributed by atoms with Crippen LogP contribution in [0.15, 0.2) is 51.9 Å². The predicted octanol–water partition coefficient (Wildman–Crippen LogP) is 4.76. The summed E-state index contributed by atoms with van der Waals surface area (Å²) >= 11 is 0. The molecule has 0 amide bonds. The van der Waals surface area contributed by atoms with E-state index < -0.39 is 41.7 Å². The highest BCUT2D eigenvalue weighted by Gasteiger charge is 2.76. The summed E-state index contributed by atoms with van der Waals surface area (Å²) in [5.74, 6) is -3.84. The van der Waals surface area contributed by atoms with Crippen molar-refractivity contribution in [2.75, 3.05) is 6.61 Å². The Morgan fingerprint density at radius 1 is 1.34 bits per heavy atom. The third kappa shape index (κ3) is 3.97. The van der Waals surface area contributed by atoms with Gasteiger partial charge in [0.15, 0.2) is 17.5 Å². The minimum Gasteiger partial charge on any atom is -0.467 e. The summed E-state index contributed by atoms with van der Waals surface area (Å²) < 4.78 is 34.1. The summed E-state index contributed by atoms with van der Waals surface area (Å²) in [5.41, 5.74) is -3.21. The van der Waals surface area contributed by atoms with Gasteiger partial charge in [0, 0.05) is 24.6 Å². The van der Waals surface area contributed by atoms with Gasteiger partial charge in [0.05, 0.1) is 12.0 Å². The molecule has 1 spiro atoms. The van der Waals surface area contributed by atoms with Gasteiger partial charge in [-0.1, -0.05) is 45.9 Å². The van der Waals surface area contributed by atoms with Crippen molar-refractivity contribution in [1.82, 2.24) is 0 Å². The number of allylic oxidation sites excluding steroid dienone is 4. The molecule has 4 rings (SSSR count). The monoisotopic (exact) mass is 533 g/mol. The summed E-state index contributed by atoms with van der Waals surface area (Å²) in [6, 6.07) is 0. The molecule has 0 heterocycles. The Kier molecular flexibility index (Phi) is 7.20. The molecule has 210 valence electrons. The van der Waals surface area contributed by atoms with Gasteiger partial charge < -0.3 is 20.1 Å². The average molecular weight is 534 g/mol. The molecule has 8 atom stereocenters. The number of halogens is 2. The first kappa shape index (κ1) is 28.8. The summed E-state index contributed by atoms with van der Waals surface area (Å²) in [6.07, 6.45) is 5.70. The lowest BCUT2D eigenvalue weighted by atomic mass is 9.59. The molecule has 2 saturated carbocycles. The molecule has 0 aliphatic heterocycles. The molecule has 0 aromatic rings. The van der Waals surface area contributed by atoms with Crippen molar-refractivity contribution in [1.29, 1.82) is 0 Å². The molecule has 6 nitrogen and oxygen atoms in total. The number of hydrogen-bond donors (Lipinski definition) is 3. The van der Waals surface area contributed by atoms with Crippen molar-refractivity contribution >= 4 is 12.0 Å². The number of aliphatic hydroxyl groups is 3. The van der Waals surface area contributed by atoms with Gasteiger partial charge in [-0.3, -0.25) is 4.79 Å². The predicted molar refractivity (Wildman–Crippen MR) is 141 cm³/mol.